The largest absolute Gasteiger partial charge is 0.368 e. The Hall–Kier alpha value is -2.72. The molecule has 1 aromatic heterocycles. The van der Waals surface area contributed by atoms with E-state index in [1.54, 1.807) is 11.1 Å². The zero-order valence-corrected chi connectivity index (χ0v) is 19.8. The van der Waals surface area contributed by atoms with E-state index in [9.17, 15) is 18.0 Å². The molecule has 0 radical (unpaired) electrons. The normalized spacial score (nSPS) is 23.3. The van der Waals surface area contributed by atoms with Crippen LogP contribution in [0.25, 0.3) is 0 Å². The fourth-order valence-corrected chi connectivity index (χ4v) is 6.18. The summed E-state index contributed by atoms with van der Waals surface area (Å²) in [6, 6.07) is 8.34. The second-order valence-corrected chi connectivity index (χ2v) is 11.5. The third-order valence-corrected chi connectivity index (χ3v) is 8.53. The maximum atomic E-state index is 13.2. The number of amides is 1. The summed E-state index contributed by atoms with van der Waals surface area (Å²) in [5.74, 6) is 0.330. The number of fused-ring (bicyclic) bond motifs is 2. The van der Waals surface area contributed by atoms with Crippen molar-refractivity contribution in [3.63, 3.8) is 0 Å². The summed E-state index contributed by atoms with van der Waals surface area (Å²) in [6.45, 7) is 5.95. The molecule has 9 nitrogen and oxygen atoms in total. The van der Waals surface area contributed by atoms with Crippen molar-refractivity contribution in [2.24, 2.45) is 0 Å². The van der Waals surface area contributed by atoms with Crippen LogP contribution in [0.3, 0.4) is 0 Å². The van der Waals surface area contributed by atoms with Crippen LogP contribution in [0, 0.1) is 6.92 Å². The number of aryl methyl sites for hydroxylation is 2. The molecule has 5 rings (SSSR count). The van der Waals surface area contributed by atoms with Crippen molar-refractivity contribution in [3.8, 4) is 0 Å². The van der Waals surface area contributed by atoms with E-state index in [1.165, 1.54) is 16.1 Å². The topological polar surface area (TPSA) is 95.8 Å². The molecule has 1 aromatic carbocycles. The van der Waals surface area contributed by atoms with E-state index in [0.29, 0.717) is 58.1 Å². The van der Waals surface area contributed by atoms with Crippen molar-refractivity contribution >= 4 is 21.6 Å². The van der Waals surface area contributed by atoms with E-state index >= 15 is 0 Å². The Balaban J connectivity index is 1.32. The van der Waals surface area contributed by atoms with Gasteiger partial charge in [-0.3, -0.25) is 9.59 Å². The van der Waals surface area contributed by atoms with Gasteiger partial charge in [0.15, 0.2) is 0 Å². The molecule has 10 heteroatoms. The molecule has 0 bridgehead atoms. The molecule has 0 N–H and O–H groups in total. The molecule has 1 amide bonds. The van der Waals surface area contributed by atoms with Gasteiger partial charge in [0.1, 0.15) is 11.4 Å². The number of sulfonamides is 1. The molecule has 2 fully saturated rings. The Labute approximate surface area is 193 Å². The quantitative estimate of drug-likeness (QED) is 0.658. The number of benzene rings is 1. The first-order valence-electron chi connectivity index (χ1n) is 11.3. The minimum atomic E-state index is -3.29. The molecule has 2 aromatic rings. The van der Waals surface area contributed by atoms with E-state index in [4.69, 9.17) is 0 Å². The number of nitrogens with zero attached hydrogens (tertiary/aromatic N) is 5. The van der Waals surface area contributed by atoms with Crippen molar-refractivity contribution in [3.05, 3.63) is 57.8 Å². The molecule has 0 aliphatic carbocycles. The van der Waals surface area contributed by atoms with Gasteiger partial charge in [-0.2, -0.15) is 4.98 Å². The third-order valence-electron chi connectivity index (χ3n) is 7.28. The van der Waals surface area contributed by atoms with E-state index in [1.807, 2.05) is 4.57 Å². The summed E-state index contributed by atoms with van der Waals surface area (Å²) in [6.07, 6.45) is 4.21. The standard InChI is InChI=1S/C23H29N5O4S/c1-17-3-5-18(6-4-17)25-11-13-26(14-12-25)21(30)19-15-27-9-7-23(22(27)24-20(19)29)8-10-28(16-23)33(2,31)32/h3-6,15H,7-14,16H2,1-2H3/t23-/m1/s1. The minimum absolute atomic E-state index is 0.0950. The summed E-state index contributed by atoms with van der Waals surface area (Å²) in [4.78, 5) is 34.3. The molecule has 3 aliphatic heterocycles. The first kappa shape index (κ1) is 22.1. The van der Waals surface area contributed by atoms with Crippen molar-refractivity contribution in [2.45, 2.75) is 31.7 Å². The average Bonchev–Trinajstić information content (AvgIpc) is 3.38. The summed E-state index contributed by atoms with van der Waals surface area (Å²) in [5.41, 5.74) is 1.48. The number of hydrogen-bond acceptors (Lipinski definition) is 6. The lowest BCUT2D eigenvalue weighted by Gasteiger charge is -2.36. The lowest BCUT2D eigenvalue weighted by molar-refractivity contribution is 0.0744. The van der Waals surface area contributed by atoms with Crippen LogP contribution in [0.4, 0.5) is 5.69 Å². The predicted molar refractivity (Wildman–Crippen MR) is 125 cm³/mol. The molecule has 33 heavy (non-hydrogen) atoms. The van der Waals surface area contributed by atoms with Gasteiger partial charge in [0.05, 0.1) is 6.26 Å². The number of anilines is 1. The van der Waals surface area contributed by atoms with E-state index < -0.39 is 21.0 Å². The maximum Gasteiger partial charge on any atom is 0.285 e. The first-order chi connectivity index (χ1) is 15.7. The number of carbonyl (C=O) groups is 1. The number of carbonyl (C=O) groups excluding carboxylic acids is 1. The lowest BCUT2D eigenvalue weighted by Crippen LogP contribution is -2.50. The first-order valence-corrected chi connectivity index (χ1v) is 13.2. The molecular formula is C23H29N5O4S. The Morgan fingerprint density at radius 2 is 1.67 bits per heavy atom. The van der Waals surface area contributed by atoms with Crippen LogP contribution in [0.2, 0.25) is 0 Å². The molecule has 0 unspecified atom stereocenters. The molecule has 2 saturated heterocycles. The van der Waals surface area contributed by atoms with E-state index in [2.05, 4.69) is 41.1 Å². The van der Waals surface area contributed by atoms with Gasteiger partial charge in [-0.1, -0.05) is 17.7 Å². The number of aromatic nitrogens is 2. The van der Waals surface area contributed by atoms with Crippen LogP contribution >= 0.6 is 0 Å². The van der Waals surface area contributed by atoms with Gasteiger partial charge in [-0.15, -0.1) is 0 Å². The molecule has 4 heterocycles. The van der Waals surface area contributed by atoms with Crippen molar-refractivity contribution in [2.75, 3.05) is 50.4 Å². The summed E-state index contributed by atoms with van der Waals surface area (Å²) < 4.78 is 27.3. The fraction of sp³-hybridized carbons (Fsp3) is 0.522. The van der Waals surface area contributed by atoms with Crippen LogP contribution in [-0.4, -0.2) is 78.6 Å². The summed E-state index contributed by atoms with van der Waals surface area (Å²) in [7, 11) is -3.29. The summed E-state index contributed by atoms with van der Waals surface area (Å²) >= 11 is 0. The van der Waals surface area contributed by atoms with Gasteiger partial charge in [0, 0.05) is 63.1 Å². The SMILES string of the molecule is Cc1ccc(N2CCN(C(=O)c3cn4c(nc3=O)[C@@]3(CCN(S(C)(=O)=O)C3)CC4)CC2)cc1. The Kier molecular flexibility index (Phi) is 5.32. The highest BCUT2D eigenvalue weighted by Gasteiger charge is 2.48. The molecule has 1 spiro atoms. The maximum absolute atomic E-state index is 13.2. The zero-order valence-electron chi connectivity index (χ0n) is 19.0. The number of piperazine rings is 1. The molecular weight excluding hydrogens is 442 g/mol. The minimum Gasteiger partial charge on any atom is -0.368 e. The fourth-order valence-electron chi connectivity index (χ4n) is 5.28. The zero-order chi connectivity index (χ0) is 23.4. The highest BCUT2D eigenvalue weighted by molar-refractivity contribution is 7.88. The monoisotopic (exact) mass is 471 g/mol. The lowest BCUT2D eigenvalue weighted by atomic mass is 9.85. The Bertz CT molecular complexity index is 1250. The van der Waals surface area contributed by atoms with Crippen LogP contribution in [0.15, 0.2) is 35.3 Å². The molecule has 1 atom stereocenters. The summed E-state index contributed by atoms with van der Waals surface area (Å²) in [5, 5.41) is 0. The highest BCUT2D eigenvalue weighted by Crippen LogP contribution is 2.41. The molecule has 3 aliphatic rings. The van der Waals surface area contributed by atoms with E-state index in [-0.39, 0.29) is 11.5 Å². The Morgan fingerprint density at radius 3 is 2.30 bits per heavy atom. The van der Waals surface area contributed by atoms with Crippen molar-refractivity contribution < 1.29 is 13.2 Å². The number of hydrogen-bond donors (Lipinski definition) is 0. The van der Waals surface area contributed by atoms with Gasteiger partial charge >= 0.3 is 0 Å². The predicted octanol–water partition coefficient (Wildman–Crippen LogP) is 0.821. The van der Waals surface area contributed by atoms with Crippen molar-refractivity contribution in [1.29, 1.82) is 0 Å². The average molecular weight is 472 g/mol. The smallest absolute Gasteiger partial charge is 0.285 e. The molecule has 0 saturated carbocycles. The van der Waals surface area contributed by atoms with Gasteiger partial charge < -0.3 is 14.4 Å². The van der Waals surface area contributed by atoms with Gasteiger partial charge in [0.25, 0.3) is 11.5 Å². The highest BCUT2D eigenvalue weighted by atomic mass is 32.2. The molecule has 176 valence electrons. The Morgan fingerprint density at radius 1 is 1.00 bits per heavy atom. The second kappa shape index (κ2) is 7.95. The van der Waals surface area contributed by atoms with Gasteiger partial charge in [-0.05, 0) is 31.9 Å². The van der Waals surface area contributed by atoms with Crippen LogP contribution in [0.5, 0.6) is 0 Å². The second-order valence-electron chi connectivity index (χ2n) is 9.47. The third kappa shape index (κ3) is 3.95. The van der Waals surface area contributed by atoms with Crippen LogP contribution < -0.4 is 10.5 Å². The van der Waals surface area contributed by atoms with Crippen LogP contribution in [0.1, 0.15) is 34.6 Å². The number of rotatable bonds is 3. The van der Waals surface area contributed by atoms with Gasteiger partial charge in [0.2, 0.25) is 10.0 Å². The van der Waals surface area contributed by atoms with Gasteiger partial charge in [-0.25, -0.2) is 12.7 Å². The van der Waals surface area contributed by atoms with Crippen molar-refractivity contribution in [1.82, 2.24) is 18.8 Å². The van der Waals surface area contributed by atoms with E-state index in [0.717, 1.165) is 12.1 Å². The van der Waals surface area contributed by atoms with Crippen LogP contribution in [-0.2, 0) is 22.0 Å².